The summed E-state index contributed by atoms with van der Waals surface area (Å²) in [4.78, 5) is 29.4. The second-order valence-corrected chi connectivity index (χ2v) is 9.22. The topological polar surface area (TPSA) is 97.4 Å². The van der Waals surface area contributed by atoms with E-state index in [2.05, 4.69) is 9.88 Å². The third-order valence-corrected chi connectivity index (χ3v) is 6.81. The van der Waals surface area contributed by atoms with Crippen LogP contribution in [0.3, 0.4) is 0 Å². The SMILES string of the molecule is CC/C(=C\c1cccc(NC(=O)c2ccc3c(c2)nc(-c2ccoc2)n3C2CCCCC2)c1)C(=O)O. The lowest BCUT2D eigenvalue weighted by molar-refractivity contribution is -0.132. The van der Waals surface area contributed by atoms with E-state index in [1.807, 2.05) is 30.3 Å². The summed E-state index contributed by atoms with van der Waals surface area (Å²) in [6, 6.07) is 15.1. The number of amides is 1. The Balaban J connectivity index is 1.45. The minimum absolute atomic E-state index is 0.246. The molecule has 7 heteroatoms. The van der Waals surface area contributed by atoms with Gasteiger partial charge in [-0.15, -0.1) is 0 Å². The van der Waals surface area contributed by atoms with Crippen molar-refractivity contribution in [1.82, 2.24) is 9.55 Å². The lowest BCUT2D eigenvalue weighted by Crippen LogP contribution is -2.14. The first kappa shape index (κ1) is 23.6. The first-order chi connectivity index (χ1) is 17.5. The van der Waals surface area contributed by atoms with Gasteiger partial charge in [-0.25, -0.2) is 9.78 Å². The molecular formula is C29H29N3O4. The van der Waals surface area contributed by atoms with Crippen LogP contribution in [0.2, 0.25) is 0 Å². The van der Waals surface area contributed by atoms with Crippen molar-refractivity contribution in [2.24, 2.45) is 0 Å². The molecular weight excluding hydrogens is 454 g/mol. The van der Waals surface area contributed by atoms with E-state index in [1.54, 1.807) is 43.7 Å². The highest BCUT2D eigenvalue weighted by molar-refractivity contribution is 6.06. The van der Waals surface area contributed by atoms with Crippen molar-refractivity contribution < 1.29 is 19.1 Å². The number of hydrogen-bond donors (Lipinski definition) is 2. The third-order valence-electron chi connectivity index (χ3n) is 6.81. The van der Waals surface area contributed by atoms with Crippen molar-refractivity contribution in [3.05, 3.63) is 77.8 Å². The zero-order valence-electron chi connectivity index (χ0n) is 20.2. The van der Waals surface area contributed by atoms with E-state index in [4.69, 9.17) is 9.40 Å². The zero-order chi connectivity index (χ0) is 25.1. The highest BCUT2D eigenvalue weighted by Gasteiger charge is 2.23. The summed E-state index contributed by atoms with van der Waals surface area (Å²) < 4.78 is 7.65. The van der Waals surface area contributed by atoms with Crippen LogP contribution in [0.4, 0.5) is 5.69 Å². The molecule has 0 atom stereocenters. The highest BCUT2D eigenvalue weighted by atomic mass is 16.4. The minimum atomic E-state index is -0.942. The van der Waals surface area contributed by atoms with Crippen LogP contribution < -0.4 is 5.32 Å². The summed E-state index contributed by atoms with van der Waals surface area (Å²) >= 11 is 0. The number of furan rings is 1. The van der Waals surface area contributed by atoms with Crippen LogP contribution >= 0.6 is 0 Å². The number of benzene rings is 2. The molecule has 0 radical (unpaired) electrons. The Morgan fingerprint density at radius 2 is 1.97 bits per heavy atom. The fourth-order valence-electron chi connectivity index (χ4n) is 4.97. The van der Waals surface area contributed by atoms with Crippen molar-refractivity contribution in [2.45, 2.75) is 51.5 Å². The summed E-state index contributed by atoms with van der Waals surface area (Å²) in [5.41, 5.74) is 4.86. The van der Waals surface area contributed by atoms with Gasteiger partial charge in [0.25, 0.3) is 5.91 Å². The monoisotopic (exact) mass is 483 g/mol. The largest absolute Gasteiger partial charge is 0.478 e. The number of hydrogen-bond acceptors (Lipinski definition) is 4. The molecule has 2 heterocycles. The molecule has 0 aliphatic heterocycles. The molecule has 1 saturated carbocycles. The smallest absolute Gasteiger partial charge is 0.331 e. The third kappa shape index (κ3) is 4.82. The Morgan fingerprint density at radius 3 is 2.69 bits per heavy atom. The number of carboxylic acid groups (broad SMARTS) is 1. The van der Waals surface area contributed by atoms with E-state index in [0.29, 0.717) is 29.3 Å². The highest BCUT2D eigenvalue weighted by Crippen LogP contribution is 2.36. The van der Waals surface area contributed by atoms with Gasteiger partial charge >= 0.3 is 5.97 Å². The Hall–Kier alpha value is -4.13. The van der Waals surface area contributed by atoms with E-state index < -0.39 is 5.97 Å². The molecule has 1 aliphatic rings. The standard InChI is InChI=1S/C29H29N3O4/c1-2-20(29(34)35)15-19-7-6-8-23(16-19)30-28(33)21-11-12-26-25(17-21)31-27(22-13-14-36-18-22)32(26)24-9-4-3-5-10-24/h6-8,11-18,24H,2-5,9-10H2,1H3,(H,30,33)(H,34,35)/b20-15+. The van der Waals surface area contributed by atoms with E-state index in [0.717, 1.165) is 40.8 Å². The molecule has 36 heavy (non-hydrogen) atoms. The van der Waals surface area contributed by atoms with Crippen LogP contribution in [0.15, 0.2) is 71.0 Å². The van der Waals surface area contributed by atoms with Crippen LogP contribution in [0, 0.1) is 0 Å². The second kappa shape index (κ2) is 10.2. The summed E-state index contributed by atoms with van der Waals surface area (Å²) in [7, 11) is 0. The van der Waals surface area contributed by atoms with Gasteiger partial charge in [-0.3, -0.25) is 4.79 Å². The Morgan fingerprint density at radius 1 is 1.14 bits per heavy atom. The number of carbonyl (C=O) groups is 2. The predicted octanol–water partition coefficient (Wildman–Crippen LogP) is 6.93. The molecule has 0 saturated heterocycles. The van der Waals surface area contributed by atoms with E-state index >= 15 is 0 Å². The van der Waals surface area contributed by atoms with Gasteiger partial charge in [0.05, 0.1) is 22.9 Å². The van der Waals surface area contributed by atoms with Gasteiger partial charge in [0, 0.05) is 22.9 Å². The molecule has 2 aromatic heterocycles. The van der Waals surface area contributed by atoms with Crippen LogP contribution in [0.25, 0.3) is 28.5 Å². The normalized spacial score (nSPS) is 14.8. The van der Waals surface area contributed by atoms with Crippen LogP contribution in [0.1, 0.15) is 67.4 Å². The second-order valence-electron chi connectivity index (χ2n) is 9.22. The van der Waals surface area contributed by atoms with Crippen molar-refractivity contribution in [3.8, 4) is 11.4 Å². The van der Waals surface area contributed by atoms with Gasteiger partial charge in [0.1, 0.15) is 12.1 Å². The van der Waals surface area contributed by atoms with Crippen molar-refractivity contribution in [3.63, 3.8) is 0 Å². The maximum Gasteiger partial charge on any atom is 0.331 e. The number of aliphatic carboxylic acids is 1. The molecule has 0 unspecified atom stereocenters. The number of anilines is 1. The van der Waals surface area contributed by atoms with Gasteiger partial charge in [-0.05, 0) is 67.3 Å². The number of fused-ring (bicyclic) bond motifs is 1. The number of rotatable bonds is 7. The average Bonchev–Trinajstić information content (AvgIpc) is 3.55. The fraction of sp³-hybridized carbons (Fsp3) is 0.276. The average molecular weight is 484 g/mol. The summed E-state index contributed by atoms with van der Waals surface area (Å²) in [5, 5.41) is 12.2. The molecule has 2 aromatic carbocycles. The molecule has 5 rings (SSSR count). The first-order valence-electron chi connectivity index (χ1n) is 12.4. The summed E-state index contributed by atoms with van der Waals surface area (Å²) in [5.74, 6) is -0.320. The van der Waals surface area contributed by atoms with Gasteiger partial charge in [-0.1, -0.05) is 38.3 Å². The molecule has 0 bridgehead atoms. The maximum absolute atomic E-state index is 13.1. The number of carbonyl (C=O) groups excluding carboxylic acids is 1. The van der Waals surface area contributed by atoms with Crippen LogP contribution in [-0.2, 0) is 4.79 Å². The van der Waals surface area contributed by atoms with E-state index in [1.165, 1.54) is 19.3 Å². The molecule has 4 aromatic rings. The molecule has 1 aliphatic carbocycles. The summed E-state index contributed by atoms with van der Waals surface area (Å²) in [6.45, 7) is 1.80. The maximum atomic E-state index is 13.1. The van der Waals surface area contributed by atoms with Crippen molar-refractivity contribution in [2.75, 3.05) is 5.32 Å². The van der Waals surface area contributed by atoms with Crippen molar-refractivity contribution >= 4 is 34.7 Å². The van der Waals surface area contributed by atoms with Crippen molar-refractivity contribution in [1.29, 1.82) is 0 Å². The molecule has 1 amide bonds. The lowest BCUT2D eigenvalue weighted by Gasteiger charge is -2.25. The van der Waals surface area contributed by atoms with Crippen LogP contribution in [-0.4, -0.2) is 26.5 Å². The van der Waals surface area contributed by atoms with E-state index in [9.17, 15) is 14.7 Å². The number of carboxylic acids is 1. The number of aromatic nitrogens is 2. The molecule has 0 spiro atoms. The zero-order valence-corrected chi connectivity index (χ0v) is 20.2. The quantitative estimate of drug-likeness (QED) is 0.278. The predicted molar refractivity (Wildman–Crippen MR) is 140 cm³/mol. The summed E-state index contributed by atoms with van der Waals surface area (Å²) in [6.07, 6.45) is 11.3. The minimum Gasteiger partial charge on any atom is -0.478 e. The van der Waals surface area contributed by atoms with Gasteiger partial charge < -0.3 is 19.4 Å². The Labute approximate surface area is 209 Å². The lowest BCUT2D eigenvalue weighted by atomic mass is 9.95. The number of nitrogens with zero attached hydrogens (tertiary/aromatic N) is 2. The molecule has 7 nitrogen and oxygen atoms in total. The molecule has 184 valence electrons. The fourth-order valence-corrected chi connectivity index (χ4v) is 4.97. The molecule has 1 fully saturated rings. The van der Waals surface area contributed by atoms with Crippen LogP contribution in [0.5, 0.6) is 0 Å². The van der Waals surface area contributed by atoms with Gasteiger partial charge in [0.2, 0.25) is 0 Å². The van der Waals surface area contributed by atoms with Gasteiger partial charge in [0.15, 0.2) is 0 Å². The van der Waals surface area contributed by atoms with Gasteiger partial charge in [-0.2, -0.15) is 0 Å². The molecule has 2 N–H and O–H groups in total. The first-order valence-corrected chi connectivity index (χ1v) is 12.4. The Kier molecular flexibility index (Phi) is 6.71. The Bertz CT molecular complexity index is 1430. The number of nitrogens with one attached hydrogen (secondary N) is 1. The number of imidazole rings is 1. The van der Waals surface area contributed by atoms with E-state index in [-0.39, 0.29) is 5.91 Å².